The summed E-state index contributed by atoms with van der Waals surface area (Å²) in [5, 5.41) is 24.1. The molecule has 31 heavy (non-hydrogen) atoms. The third-order valence-electron chi connectivity index (χ3n) is 5.33. The molecule has 2 aromatic heterocycles. The van der Waals surface area contributed by atoms with Crippen LogP contribution in [0.15, 0.2) is 63.7 Å². The summed E-state index contributed by atoms with van der Waals surface area (Å²) < 4.78 is 12.5. The average molecular weight is 459 g/mol. The largest absolute Gasteiger partial charge is 0.493 e. The van der Waals surface area contributed by atoms with Gasteiger partial charge >= 0.3 is 0 Å². The first-order valence-corrected chi connectivity index (χ1v) is 12.2. The van der Waals surface area contributed by atoms with Crippen LogP contribution in [0.1, 0.15) is 29.5 Å². The lowest BCUT2D eigenvalue weighted by Gasteiger charge is -2.29. The molecule has 0 saturated heterocycles. The summed E-state index contributed by atoms with van der Waals surface area (Å²) in [7, 11) is 4.27. The topological polar surface area (TPSA) is 68.4 Å². The number of aliphatic hydroxyl groups is 1. The summed E-state index contributed by atoms with van der Waals surface area (Å²) in [6.07, 6.45) is 3.74. The van der Waals surface area contributed by atoms with Crippen LogP contribution < -0.4 is 4.74 Å². The molecule has 6 nitrogen and oxygen atoms in total. The molecule has 164 valence electrons. The zero-order valence-electron chi connectivity index (χ0n) is 17.8. The number of nitrogens with zero attached hydrogens (tertiary/aromatic N) is 3. The minimum absolute atomic E-state index is 0.0721. The summed E-state index contributed by atoms with van der Waals surface area (Å²) in [5.41, 5.74) is -1.28. The Balaban J connectivity index is 1.39. The zero-order valence-corrected chi connectivity index (χ0v) is 19.4. The fraction of sp³-hybridized carbons (Fsp3) is 0.391. The Morgan fingerprint density at radius 2 is 2.03 bits per heavy atom. The number of rotatable bonds is 10. The molecule has 4 rings (SSSR count). The molecule has 0 aliphatic carbocycles. The second-order valence-corrected chi connectivity index (χ2v) is 10.4. The van der Waals surface area contributed by atoms with Crippen LogP contribution in [0.5, 0.6) is 5.75 Å². The number of thioether (sulfide) groups is 1. The number of allylic oxidation sites excluding steroid dienone is 1. The third-order valence-corrected chi connectivity index (χ3v) is 7.53. The second-order valence-electron chi connectivity index (χ2n) is 8.31. The fourth-order valence-electron chi connectivity index (χ4n) is 3.67. The van der Waals surface area contributed by atoms with E-state index in [2.05, 4.69) is 30.4 Å². The molecule has 0 amide bonds. The average Bonchev–Trinajstić information content (AvgIpc) is 3.54. The van der Waals surface area contributed by atoms with E-state index in [9.17, 15) is 5.11 Å². The minimum atomic E-state index is -1.28. The van der Waals surface area contributed by atoms with Gasteiger partial charge in [-0.3, -0.25) is 0 Å². The Bertz CT molecular complexity index is 981. The van der Waals surface area contributed by atoms with Crippen LogP contribution in [0.4, 0.5) is 0 Å². The predicted molar refractivity (Wildman–Crippen MR) is 124 cm³/mol. The Morgan fingerprint density at radius 1 is 1.19 bits per heavy atom. The van der Waals surface area contributed by atoms with Gasteiger partial charge in [0, 0.05) is 11.3 Å². The van der Waals surface area contributed by atoms with Crippen molar-refractivity contribution in [2.24, 2.45) is 0 Å². The first-order valence-electron chi connectivity index (χ1n) is 10.4. The van der Waals surface area contributed by atoms with Crippen molar-refractivity contribution in [2.45, 2.75) is 30.2 Å². The molecule has 3 heterocycles. The van der Waals surface area contributed by atoms with Gasteiger partial charge in [-0.2, -0.15) is 0 Å². The summed E-state index contributed by atoms with van der Waals surface area (Å²) in [5.74, 6) is 1.70. The van der Waals surface area contributed by atoms with Crippen molar-refractivity contribution < 1.29 is 18.7 Å². The van der Waals surface area contributed by atoms with Gasteiger partial charge < -0.3 is 18.7 Å². The first kappa shape index (κ1) is 22.1. The number of quaternary nitrogens is 1. The fourth-order valence-corrected chi connectivity index (χ4v) is 5.67. The maximum atomic E-state index is 11.7. The molecule has 2 unspecified atom stereocenters. The Hall–Kier alpha value is -2.13. The van der Waals surface area contributed by atoms with Gasteiger partial charge in [-0.05, 0) is 35.4 Å². The Morgan fingerprint density at radius 3 is 2.74 bits per heavy atom. The number of ether oxygens (including phenoxy) is 1. The highest BCUT2D eigenvalue weighted by Gasteiger charge is 2.47. The molecule has 1 N–H and O–H groups in total. The van der Waals surface area contributed by atoms with Crippen molar-refractivity contribution in [2.75, 3.05) is 27.2 Å². The van der Waals surface area contributed by atoms with Crippen molar-refractivity contribution in [3.63, 3.8) is 0 Å². The summed E-state index contributed by atoms with van der Waals surface area (Å²) in [4.78, 5) is 0.829. The van der Waals surface area contributed by atoms with Gasteiger partial charge in [-0.15, -0.1) is 33.3 Å². The van der Waals surface area contributed by atoms with E-state index in [4.69, 9.17) is 9.15 Å². The molecule has 2 atom stereocenters. The lowest BCUT2D eigenvalue weighted by Crippen LogP contribution is -2.40. The zero-order chi connectivity index (χ0) is 21.7. The van der Waals surface area contributed by atoms with Crippen molar-refractivity contribution in [1.29, 1.82) is 0 Å². The number of thiophene rings is 1. The van der Waals surface area contributed by atoms with Crippen LogP contribution in [0.2, 0.25) is 0 Å². The van der Waals surface area contributed by atoms with E-state index in [1.165, 1.54) is 11.3 Å². The smallest absolute Gasteiger partial charge is 0.271 e. The Labute approximate surface area is 191 Å². The molecule has 0 fully saturated rings. The van der Waals surface area contributed by atoms with Crippen LogP contribution >= 0.6 is 23.1 Å². The maximum absolute atomic E-state index is 11.7. The lowest BCUT2D eigenvalue weighted by molar-refractivity contribution is -0.905. The molecule has 1 aliphatic heterocycles. The Kier molecular flexibility index (Phi) is 6.81. The van der Waals surface area contributed by atoms with E-state index >= 15 is 0 Å². The van der Waals surface area contributed by atoms with Crippen LogP contribution in [0.3, 0.4) is 0 Å². The van der Waals surface area contributed by atoms with Crippen LogP contribution in [0.25, 0.3) is 0 Å². The number of benzene rings is 1. The van der Waals surface area contributed by atoms with E-state index < -0.39 is 5.60 Å². The molecule has 0 saturated carbocycles. The molecular formula is C23H28N3O3S2+. The number of hydrogen-bond donors (Lipinski definition) is 1. The van der Waals surface area contributed by atoms with Gasteiger partial charge in [-0.25, -0.2) is 0 Å². The molecular weight excluding hydrogens is 430 g/mol. The van der Waals surface area contributed by atoms with E-state index in [0.717, 1.165) is 30.0 Å². The SMILES string of the molecule is C[N+](C)(CCCOc1ccccc1)Cc1nnc(C(O)(c2cccs2)C2CC=CS2)o1. The molecule has 0 bridgehead atoms. The third kappa shape index (κ3) is 5.20. The molecule has 1 aromatic carbocycles. The van der Waals surface area contributed by atoms with Gasteiger partial charge in [0.2, 0.25) is 0 Å². The minimum Gasteiger partial charge on any atom is -0.493 e. The van der Waals surface area contributed by atoms with E-state index in [1.54, 1.807) is 11.8 Å². The number of para-hydroxylation sites is 1. The molecule has 3 aromatic rings. The van der Waals surface area contributed by atoms with Crippen molar-refractivity contribution in [1.82, 2.24) is 10.2 Å². The summed E-state index contributed by atoms with van der Waals surface area (Å²) >= 11 is 3.12. The molecule has 0 spiro atoms. The molecule has 8 heteroatoms. The first-order chi connectivity index (χ1) is 15.0. The van der Waals surface area contributed by atoms with Crippen LogP contribution in [-0.4, -0.2) is 52.3 Å². The van der Waals surface area contributed by atoms with Crippen LogP contribution in [0, 0.1) is 0 Å². The van der Waals surface area contributed by atoms with Crippen molar-refractivity contribution in [3.8, 4) is 5.75 Å². The normalized spacial score (nSPS) is 18.2. The number of hydrogen-bond acceptors (Lipinski definition) is 7. The van der Waals surface area contributed by atoms with Crippen LogP contribution in [-0.2, 0) is 12.1 Å². The standard InChI is InChI=1S/C23H28N3O3S2/c1-26(2,13-8-14-28-18-9-4-3-5-10-18)17-21-24-25-22(29-21)23(27,19-11-6-15-30-19)20-12-7-16-31-20/h3-7,9-11,15-16,20,27H,8,12-14,17H2,1-2H3/q+1. The summed E-state index contributed by atoms with van der Waals surface area (Å²) in [6.45, 7) is 2.15. The number of aromatic nitrogens is 2. The highest BCUT2D eigenvalue weighted by molar-refractivity contribution is 8.03. The van der Waals surface area contributed by atoms with Gasteiger partial charge in [-0.1, -0.05) is 30.3 Å². The van der Waals surface area contributed by atoms with E-state index in [0.29, 0.717) is 23.5 Å². The van der Waals surface area contributed by atoms with Gasteiger partial charge in [0.15, 0.2) is 12.1 Å². The van der Waals surface area contributed by atoms with E-state index in [-0.39, 0.29) is 11.1 Å². The second kappa shape index (κ2) is 9.56. The van der Waals surface area contributed by atoms with Gasteiger partial charge in [0.05, 0.1) is 32.5 Å². The summed E-state index contributed by atoms with van der Waals surface area (Å²) in [6, 6.07) is 13.7. The van der Waals surface area contributed by atoms with Crippen molar-refractivity contribution in [3.05, 3.63) is 76.0 Å². The van der Waals surface area contributed by atoms with Gasteiger partial charge in [0.25, 0.3) is 11.8 Å². The van der Waals surface area contributed by atoms with E-state index in [1.807, 2.05) is 53.3 Å². The molecule has 1 aliphatic rings. The molecule has 0 radical (unpaired) electrons. The van der Waals surface area contributed by atoms with Crippen molar-refractivity contribution >= 4 is 23.1 Å². The monoisotopic (exact) mass is 458 g/mol. The predicted octanol–water partition coefficient (Wildman–Crippen LogP) is 4.43. The quantitative estimate of drug-likeness (QED) is 0.358. The maximum Gasteiger partial charge on any atom is 0.271 e. The van der Waals surface area contributed by atoms with Gasteiger partial charge in [0.1, 0.15) is 5.75 Å². The highest BCUT2D eigenvalue weighted by atomic mass is 32.2. The highest BCUT2D eigenvalue weighted by Crippen LogP contribution is 2.44. The lowest BCUT2D eigenvalue weighted by atomic mass is 9.95.